The summed E-state index contributed by atoms with van der Waals surface area (Å²) in [6, 6.07) is 2.04. The zero-order valence-corrected chi connectivity index (χ0v) is 15.6. The van der Waals surface area contributed by atoms with E-state index in [1.807, 2.05) is 6.07 Å². The monoisotopic (exact) mass is 347 g/mol. The Morgan fingerprint density at radius 2 is 1.84 bits per heavy atom. The van der Waals surface area contributed by atoms with Gasteiger partial charge < -0.3 is 15.1 Å². The van der Waals surface area contributed by atoms with Crippen LogP contribution in [0.5, 0.6) is 0 Å². The molecule has 1 saturated heterocycles. The minimum absolute atomic E-state index is 0.0665. The predicted octanol–water partition coefficient (Wildman–Crippen LogP) is 2.81. The van der Waals surface area contributed by atoms with Gasteiger partial charge in [0.1, 0.15) is 0 Å². The largest absolute Gasteiger partial charge is 0.309 e. The highest BCUT2D eigenvalue weighted by Gasteiger charge is 2.18. The Hall–Kier alpha value is -1.40. The van der Waals surface area contributed by atoms with Crippen LogP contribution in [0.2, 0.25) is 0 Å². The number of anilines is 1. The van der Waals surface area contributed by atoms with Crippen LogP contribution in [-0.2, 0) is 4.79 Å². The number of nitrogens with one attached hydrogen (secondary N) is 2. The number of carbonyl (C=O) groups excluding carboxylic acids is 1. The Balaban J connectivity index is 1.41. The van der Waals surface area contributed by atoms with Gasteiger partial charge in [-0.05, 0) is 19.4 Å². The van der Waals surface area contributed by atoms with E-state index in [-0.39, 0.29) is 5.91 Å². The van der Waals surface area contributed by atoms with Gasteiger partial charge in [0.25, 0.3) is 0 Å². The molecule has 0 bridgehead atoms. The van der Waals surface area contributed by atoms with Gasteiger partial charge in [-0.2, -0.15) is 5.10 Å². The molecule has 2 aliphatic rings. The maximum atomic E-state index is 12.2. The smallest absolute Gasteiger partial charge is 0.226 e. The zero-order valence-electron chi connectivity index (χ0n) is 15.6. The maximum Gasteiger partial charge on any atom is 0.226 e. The van der Waals surface area contributed by atoms with Crippen LogP contribution in [-0.4, -0.2) is 65.2 Å². The number of nitrogens with zero attached hydrogens (tertiary/aromatic N) is 3. The molecule has 140 valence electrons. The van der Waals surface area contributed by atoms with Crippen LogP contribution < -0.4 is 5.32 Å². The molecule has 2 heterocycles. The lowest BCUT2D eigenvalue weighted by Crippen LogP contribution is -2.46. The molecule has 0 atom stereocenters. The highest BCUT2D eigenvalue weighted by molar-refractivity contribution is 5.89. The average molecular weight is 348 g/mol. The van der Waals surface area contributed by atoms with Crippen LogP contribution in [0.4, 0.5) is 5.82 Å². The van der Waals surface area contributed by atoms with Crippen molar-refractivity contribution in [1.29, 1.82) is 0 Å². The third kappa shape index (κ3) is 5.54. The standard InChI is InChI=1S/C19H33N5O/c1-2-23-11-13-24(14-12-23)10-9-19(25)20-18-15-17(21-22-18)16-7-5-3-4-6-8-16/h15-16H,2-14H2,1H3,(H2,20,21,22,25). The highest BCUT2D eigenvalue weighted by Crippen LogP contribution is 2.31. The van der Waals surface area contributed by atoms with Gasteiger partial charge in [-0.3, -0.25) is 9.89 Å². The Morgan fingerprint density at radius 1 is 1.16 bits per heavy atom. The molecule has 3 rings (SSSR count). The van der Waals surface area contributed by atoms with Crippen molar-refractivity contribution in [1.82, 2.24) is 20.0 Å². The Kier molecular flexibility index (Phi) is 6.87. The molecule has 0 unspecified atom stereocenters. The van der Waals surface area contributed by atoms with E-state index in [1.165, 1.54) is 44.2 Å². The third-order valence-electron chi connectivity index (χ3n) is 5.73. The van der Waals surface area contributed by atoms with Crippen molar-refractivity contribution >= 4 is 11.7 Å². The van der Waals surface area contributed by atoms with Crippen LogP contribution in [0.1, 0.15) is 63.5 Å². The van der Waals surface area contributed by atoms with Crippen LogP contribution in [0.15, 0.2) is 6.07 Å². The number of carbonyl (C=O) groups is 1. The Labute approximate surface area is 151 Å². The molecule has 0 radical (unpaired) electrons. The zero-order chi connectivity index (χ0) is 17.5. The summed E-state index contributed by atoms with van der Waals surface area (Å²) in [7, 11) is 0. The summed E-state index contributed by atoms with van der Waals surface area (Å²) in [4.78, 5) is 17.0. The van der Waals surface area contributed by atoms with E-state index in [0.29, 0.717) is 18.2 Å². The summed E-state index contributed by atoms with van der Waals surface area (Å²) >= 11 is 0. The SMILES string of the molecule is CCN1CCN(CCC(=O)Nc2cc(C3CCCCCC3)[nH]n2)CC1. The van der Waals surface area contributed by atoms with Crippen molar-refractivity contribution in [3.05, 3.63) is 11.8 Å². The molecule has 2 fully saturated rings. The summed E-state index contributed by atoms with van der Waals surface area (Å²) in [5.41, 5.74) is 1.19. The lowest BCUT2D eigenvalue weighted by Gasteiger charge is -2.33. The molecule has 1 aliphatic carbocycles. The van der Waals surface area contributed by atoms with Gasteiger partial charge in [0.05, 0.1) is 0 Å². The van der Waals surface area contributed by atoms with E-state index in [9.17, 15) is 4.79 Å². The number of aromatic nitrogens is 2. The number of amides is 1. The number of hydrogen-bond donors (Lipinski definition) is 2. The van der Waals surface area contributed by atoms with E-state index in [1.54, 1.807) is 0 Å². The normalized spacial score (nSPS) is 21.2. The molecule has 25 heavy (non-hydrogen) atoms. The number of piperazine rings is 1. The second kappa shape index (κ2) is 9.34. The highest BCUT2D eigenvalue weighted by atomic mass is 16.1. The van der Waals surface area contributed by atoms with Gasteiger partial charge in [0, 0.05) is 56.8 Å². The first kappa shape index (κ1) is 18.4. The minimum Gasteiger partial charge on any atom is -0.309 e. The van der Waals surface area contributed by atoms with E-state index >= 15 is 0 Å². The number of H-pyrrole nitrogens is 1. The van der Waals surface area contributed by atoms with Gasteiger partial charge in [-0.1, -0.05) is 32.6 Å². The van der Waals surface area contributed by atoms with E-state index < -0.39 is 0 Å². The average Bonchev–Trinajstić information content (AvgIpc) is 2.92. The molecule has 0 spiro atoms. The van der Waals surface area contributed by atoms with Gasteiger partial charge in [0.15, 0.2) is 5.82 Å². The van der Waals surface area contributed by atoms with E-state index in [0.717, 1.165) is 39.3 Å². The quantitative estimate of drug-likeness (QED) is 0.777. The van der Waals surface area contributed by atoms with Crippen LogP contribution in [0.3, 0.4) is 0 Å². The number of rotatable bonds is 6. The maximum absolute atomic E-state index is 12.2. The van der Waals surface area contributed by atoms with Gasteiger partial charge >= 0.3 is 0 Å². The van der Waals surface area contributed by atoms with Crippen molar-refractivity contribution in [3.63, 3.8) is 0 Å². The fourth-order valence-corrected chi connectivity index (χ4v) is 3.99. The van der Waals surface area contributed by atoms with Crippen LogP contribution in [0.25, 0.3) is 0 Å². The topological polar surface area (TPSA) is 64.3 Å². The van der Waals surface area contributed by atoms with Crippen molar-refractivity contribution < 1.29 is 4.79 Å². The minimum atomic E-state index is 0.0665. The first-order valence-electron chi connectivity index (χ1n) is 10.0. The van der Waals surface area contributed by atoms with Crippen molar-refractivity contribution in [2.24, 2.45) is 0 Å². The molecule has 0 aromatic carbocycles. The second-order valence-electron chi connectivity index (χ2n) is 7.47. The lowest BCUT2D eigenvalue weighted by atomic mass is 9.97. The summed E-state index contributed by atoms with van der Waals surface area (Å²) in [6.07, 6.45) is 8.31. The third-order valence-corrected chi connectivity index (χ3v) is 5.73. The fraction of sp³-hybridized carbons (Fsp3) is 0.789. The Bertz CT molecular complexity index is 528. The Morgan fingerprint density at radius 3 is 2.52 bits per heavy atom. The summed E-state index contributed by atoms with van der Waals surface area (Å²) in [5.74, 6) is 1.33. The van der Waals surface area contributed by atoms with Crippen LogP contribution >= 0.6 is 0 Å². The molecule has 2 N–H and O–H groups in total. The summed E-state index contributed by atoms with van der Waals surface area (Å²) in [6.45, 7) is 8.52. The molecule has 1 saturated carbocycles. The van der Waals surface area contributed by atoms with Crippen LogP contribution in [0, 0.1) is 0 Å². The summed E-state index contributed by atoms with van der Waals surface area (Å²) < 4.78 is 0. The first-order valence-corrected chi connectivity index (χ1v) is 10.0. The van der Waals surface area contributed by atoms with Crippen molar-refractivity contribution in [3.8, 4) is 0 Å². The first-order chi connectivity index (χ1) is 12.2. The lowest BCUT2D eigenvalue weighted by molar-refractivity contribution is -0.116. The fourth-order valence-electron chi connectivity index (χ4n) is 3.99. The molecule has 1 aliphatic heterocycles. The van der Waals surface area contributed by atoms with Crippen molar-refractivity contribution in [2.75, 3.05) is 44.6 Å². The van der Waals surface area contributed by atoms with E-state index in [4.69, 9.17) is 0 Å². The number of aromatic amines is 1. The molecule has 1 aromatic rings. The summed E-state index contributed by atoms with van der Waals surface area (Å²) in [5, 5.41) is 10.4. The van der Waals surface area contributed by atoms with Gasteiger partial charge in [-0.25, -0.2) is 0 Å². The molecule has 6 heteroatoms. The molecular formula is C19H33N5O. The van der Waals surface area contributed by atoms with Gasteiger partial charge in [-0.15, -0.1) is 0 Å². The van der Waals surface area contributed by atoms with E-state index in [2.05, 4.69) is 32.2 Å². The second-order valence-corrected chi connectivity index (χ2v) is 7.47. The molecule has 1 aromatic heterocycles. The predicted molar refractivity (Wildman–Crippen MR) is 101 cm³/mol. The molecular weight excluding hydrogens is 314 g/mol. The molecule has 1 amide bonds. The number of hydrogen-bond acceptors (Lipinski definition) is 4. The van der Waals surface area contributed by atoms with Gasteiger partial charge in [0.2, 0.25) is 5.91 Å². The molecule has 6 nitrogen and oxygen atoms in total. The van der Waals surface area contributed by atoms with Crippen molar-refractivity contribution in [2.45, 2.75) is 57.8 Å². The number of likely N-dealkylation sites (N-methyl/N-ethyl adjacent to an activating group) is 1.